The summed E-state index contributed by atoms with van der Waals surface area (Å²) in [6, 6.07) is 14.7. The van der Waals surface area contributed by atoms with Gasteiger partial charge in [0.15, 0.2) is 12.7 Å². The zero-order valence-corrected chi connectivity index (χ0v) is 14.0. The quantitative estimate of drug-likeness (QED) is 0.827. The van der Waals surface area contributed by atoms with Crippen LogP contribution in [0.4, 0.5) is 5.69 Å². The molecule has 2 aromatic carbocycles. The molecule has 0 saturated carbocycles. The number of nitrogens with one attached hydrogen (secondary N) is 1. The van der Waals surface area contributed by atoms with Gasteiger partial charge in [0.05, 0.1) is 0 Å². The number of ether oxygens (including phenoxy) is 2. The van der Waals surface area contributed by atoms with Crippen molar-refractivity contribution in [2.24, 2.45) is 0 Å². The molecule has 5 nitrogen and oxygen atoms in total. The fourth-order valence-corrected chi connectivity index (χ4v) is 2.03. The largest absolute Gasteiger partial charge is 0.479 e. The van der Waals surface area contributed by atoms with Crippen LogP contribution in [0.25, 0.3) is 0 Å². The topological polar surface area (TPSA) is 64.6 Å². The third-order valence-corrected chi connectivity index (χ3v) is 3.32. The van der Waals surface area contributed by atoms with Crippen molar-refractivity contribution in [2.45, 2.75) is 26.9 Å². The van der Waals surface area contributed by atoms with Crippen molar-refractivity contribution in [3.63, 3.8) is 0 Å². The summed E-state index contributed by atoms with van der Waals surface area (Å²) < 4.78 is 10.5. The van der Waals surface area contributed by atoms with Crippen molar-refractivity contribution in [2.75, 3.05) is 11.9 Å². The Kier molecular flexibility index (Phi) is 5.95. The van der Waals surface area contributed by atoms with Crippen LogP contribution < -0.4 is 10.1 Å². The van der Waals surface area contributed by atoms with Crippen LogP contribution in [0.3, 0.4) is 0 Å². The minimum absolute atomic E-state index is 0.353. The molecule has 0 fully saturated rings. The first kappa shape index (κ1) is 17.5. The normalized spacial score (nSPS) is 11.5. The van der Waals surface area contributed by atoms with Crippen molar-refractivity contribution >= 4 is 17.6 Å². The Hall–Kier alpha value is -2.82. The first-order valence-corrected chi connectivity index (χ1v) is 7.70. The summed E-state index contributed by atoms with van der Waals surface area (Å²) in [5, 5.41) is 2.66. The summed E-state index contributed by atoms with van der Waals surface area (Å²) in [6.07, 6.45) is -0.793. The third-order valence-electron chi connectivity index (χ3n) is 3.32. The highest BCUT2D eigenvalue weighted by molar-refractivity contribution is 5.93. The van der Waals surface area contributed by atoms with E-state index in [1.807, 2.05) is 44.2 Å². The van der Waals surface area contributed by atoms with Crippen LogP contribution in [-0.2, 0) is 14.3 Å². The summed E-state index contributed by atoms with van der Waals surface area (Å²) >= 11 is 0. The van der Waals surface area contributed by atoms with Gasteiger partial charge in [-0.05, 0) is 50.6 Å². The molecule has 2 aromatic rings. The van der Waals surface area contributed by atoms with Gasteiger partial charge in [-0.25, -0.2) is 4.79 Å². The molecule has 0 radical (unpaired) electrons. The van der Waals surface area contributed by atoms with E-state index in [1.54, 1.807) is 25.1 Å². The maximum atomic E-state index is 11.9. The van der Waals surface area contributed by atoms with E-state index >= 15 is 0 Å². The van der Waals surface area contributed by atoms with Crippen LogP contribution in [-0.4, -0.2) is 24.6 Å². The molecule has 0 aliphatic rings. The summed E-state index contributed by atoms with van der Waals surface area (Å²) in [5.41, 5.74) is 2.79. The summed E-state index contributed by atoms with van der Waals surface area (Å²) in [4.78, 5) is 23.7. The van der Waals surface area contributed by atoms with Crippen molar-refractivity contribution in [3.8, 4) is 5.75 Å². The Bertz CT molecular complexity index is 710. The maximum Gasteiger partial charge on any atom is 0.347 e. The van der Waals surface area contributed by atoms with Crippen molar-refractivity contribution in [3.05, 3.63) is 59.7 Å². The molecule has 1 unspecified atom stereocenters. The molecular formula is C19H21NO4. The predicted molar refractivity (Wildman–Crippen MR) is 92.0 cm³/mol. The number of esters is 1. The molecule has 0 bridgehead atoms. The average molecular weight is 327 g/mol. The van der Waals surface area contributed by atoms with Gasteiger partial charge in [-0.15, -0.1) is 0 Å². The maximum absolute atomic E-state index is 11.9. The van der Waals surface area contributed by atoms with Gasteiger partial charge in [0.25, 0.3) is 5.91 Å². The van der Waals surface area contributed by atoms with Crippen molar-refractivity contribution in [1.82, 2.24) is 0 Å². The van der Waals surface area contributed by atoms with E-state index in [0.29, 0.717) is 11.4 Å². The SMILES string of the molecule is Cc1ccc(NC(=O)COC(=O)C(C)Oc2cccc(C)c2)cc1. The number of benzene rings is 2. The number of amides is 1. The number of hydrogen-bond donors (Lipinski definition) is 1. The van der Waals surface area contributed by atoms with Crippen LogP contribution in [0.2, 0.25) is 0 Å². The zero-order valence-electron chi connectivity index (χ0n) is 14.0. The van der Waals surface area contributed by atoms with E-state index < -0.39 is 18.0 Å². The van der Waals surface area contributed by atoms with E-state index in [4.69, 9.17) is 9.47 Å². The number of rotatable bonds is 6. The average Bonchev–Trinajstić information content (AvgIpc) is 2.54. The monoisotopic (exact) mass is 327 g/mol. The van der Waals surface area contributed by atoms with Crippen LogP contribution in [0.1, 0.15) is 18.1 Å². The molecule has 1 amide bonds. The van der Waals surface area contributed by atoms with Crippen molar-refractivity contribution in [1.29, 1.82) is 0 Å². The number of aryl methyl sites for hydroxylation is 2. The zero-order chi connectivity index (χ0) is 17.5. The molecule has 126 valence electrons. The lowest BCUT2D eigenvalue weighted by atomic mass is 10.2. The second kappa shape index (κ2) is 8.15. The smallest absolute Gasteiger partial charge is 0.347 e. The van der Waals surface area contributed by atoms with E-state index in [-0.39, 0.29) is 6.61 Å². The van der Waals surface area contributed by atoms with E-state index in [0.717, 1.165) is 11.1 Å². The molecule has 0 spiro atoms. The lowest BCUT2D eigenvalue weighted by molar-refractivity contribution is -0.153. The Morgan fingerprint density at radius 3 is 2.42 bits per heavy atom. The standard InChI is InChI=1S/C19H21NO4/c1-13-7-9-16(10-8-13)20-18(21)12-23-19(22)15(3)24-17-6-4-5-14(2)11-17/h4-11,15H,12H2,1-3H3,(H,20,21). The molecule has 0 aliphatic carbocycles. The van der Waals surface area contributed by atoms with Gasteiger partial charge in [-0.3, -0.25) is 4.79 Å². The second-order valence-electron chi connectivity index (χ2n) is 5.60. The molecule has 0 heterocycles. The molecule has 1 N–H and O–H groups in total. The highest BCUT2D eigenvalue weighted by Gasteiger charge is 2.17. The Balaban J connectivity index is 1.79. The highest BCUT2D eigenvalue weighted by Crippen LogP contribution is 2.14. The second-order valence-corrected chi connectivity index (χ2v) is 5.60. The Labute approximate surface area is 141 Å². The summed E-state index contributed by atoms with van der Waals surface area (Å²) in [7, 11) is 0. The van der Waals surface area contributed by atoms with Gasteiger partial charge in [0, 0.05) is 5.69 Å². The van der Waals surface area contributed by atoms with Crippen LogP contribution in [0, 0.1) is 13.8 Å². The van der Waals surface area contributed by atoms with E-state index in [2.05, 4.69) is 5.32 Å². The fourth-order valence-electron chi connectivity index (χ4n) is 2.03. The highest BCUT2D eigenvalue weighted by atomic mass is 16.6. The van der Waals surface area contributed by atoms with Crippen LogP contribution in [0.5, 0.6) is 5.75 Å². The molecule has 5 heteroatoms. The number of carbonyl (C=O) groups is 2. The third kappa shape index (κ3) is 5.43. The van der Waals surface area contributed by atoms with Gasteiger partial charge in [0.2, 0.25) is 0 Å². The van der Waals surface area contributed by atoms with Crippen LogP contribution >= 0.6 is 0 Å². The van der Waals surface area contributed by atoms with Gasteiger partial charge >= 0.3 is 5.97 Å². The van der Waals surface area contributed by atoms with Gasteiger partial charge in [-0.2, -0.15) is 0 Å². The van der Waals surface area contributed by atoms with Gasteiger partial charge in [0.1, 0.15) is 5.75 Å². The molecule has 1 atom stereocenters. The first-order valence-electron chi connectivity index (χ1n) is 7.70. The Morgan fingerprint density at radius 2 is 1.75 bits per heavy atom. The predicted octanol–water partition coefficient (Wildman–Crippen LogP) is 3.25. The summed E-state index contributed by atoms with van der Waals surface area (Å²) in [5.74, 6) is -0.394. The molecule has 24 heavy (non-hydrogen) atoms. The number of hydrogen-bond acceptors (Lipinski definition) is 4. The van der Waals surface area contributed by atoms with E-state index in [9.17, 15) is 9.59 Å². The lowest BCUT2D eigenvalue weighted by Gasteiger charge is -2.14. The molecule has 0 saturated heterocycles. The minimum Gasteiger partial charge on any atom is -0.479 e. The van der Waals surface area contributed by atoms with Gasteiger partial charge in [-0.1, -0.05) is 29.8 Å². The molecule has 2 rings (SSSR count). The molecule has 0 aromatic heterocycles. The first-order chi connectivity index (χ1) is 11.4. The van der Waals surface area contributed by atoms with Crippen LogP contribution in [0.15, 0.2) is 48.5 Å². The molecule has 0 aliphatic heterocycles. The fraction of sp³-hybridized carbons (Fsp3) is 0.263. The van der Waals surface area contributed by atoms with E-state index in [1.165, 1.54) is 0 Å². The number of anilines is 1. The molecular weight excluding hydrogens is 306 g/mol. The summed E-state index contributed by atoms with van der Waals surface area (Å²) in [6.45, 7) is 5.13. The van der Waals surface area contributed by atoms with Crippen molar-refractivity contribution < 1.29 is 19.1 Å². The van der Waals surface area contributed by atoms with Gasteiger partial charge < -0.3 is 14.8 Å². The lowest BCUT2D eigenvalue weighted by Crippen LogP contribution is -2.29. The Morgan fingerprint density at radius 1 is 1.04 bits per heavy atom. The minimum atomic E-state index is -0.793. The number of carbonyl (C=O) groups excluding carboxylic acids is 2.